The lowest BCUT2D eigenvalue weighted by Crippen LogP contribution is -2.42. The summed E-state index contributed by atoms with van der Waals surface area (Å²) in [7, 11) is 0. The number of para-hydroxylation sites is 1. The van der Waals surface area contributed by atoms with Gasteiger partial charge in [0.05, 0.1) is 0 Å². The smallest absolute Gasteiger partial charge is 0.354 e. The van der Waals surface area contributed by atoms with Gasteiger partial charge in [-0.15, -0.1) is 0 Å². The maximum absolute atomic E-state index is 11.1. The van der Waals surface area contributed by atoms with E-state index in [0.717, 1.165) is 43.4 Å². The van der Waals surface area contributed by atoms with E-state index < -0.39 is 12.2 Å². The monoisotopic (exact) mass is 279 g/mol. The molecule has 0 aliphatic heterocycles. The molecule has 0 aromatic heterocycles. The summed E-state index contributed by atoms with van der Waals surface area (Å²) in [6.45, 7) is 4.73. The van der Waals surface area contributed by atoms with Crippen LogP contribution in [-0.2, 0) is 11.2 Å². The Kier molecular flexibility index (Phi) is 7.09. The fourth-order valence-corrected chi connectivity index (χ4v) is 2.21. The molecule has 0 fully saturated rings. The number of anilines is 1. The maximum atomic E-state index is 11.1. The van der Waals surface area contributed by atoms with E-state index in [0.29, 0.717) is 6.54 Å². The summed E-state index contributed by atoms with van der Waals surface area (Å²) in [6, 6.07) is 7.75. The number of nitrogens with zero attached hydrogens (tertiary/aromatic N) is 1. The number of hydrogen-bond donors (Lipinski definition) is 2. The van der Waals surface area contributed by atoms with Gasteiger partial charge in [0.25, 0.3) is 0 Å². The van der Waals surface area contributed by atoms with E-state index >= 15 is 0 Å². The fraction of sp³-hybridized carbons (Fsp3) is 0.562. The quantitative estimate of drug-likeness (QED) is 0.682. The Morgan fingerprint density at radius 2 is 1.85 bits per heavy atom. The van der Waals surface area contributed by atoms with Crippen molar-refractivity contribution in [2.24, 2.45) is 0 Å². The van der Waals surface area contributed by atoms with Crippen molar-refractivity contribution in [1.82, 2.24) is 0 Å². The van der Waals surface area contributed by atoms with E-state index in [1.165, 1.54) is 0 Å². The van der Waals surface area contributed by atoms with Crippen LogP contribution in [0.2, 0.25) is 0 Å². The van der Waals surface area contributed by atoms with Gasteiger partial charge in [-0.3, -0.25) is 0 Å². The highest BCUT2D eigenvalue weighted by atomic mass is 16.4. The van der Waals surface area contributed by atoms with Crippen LogP contribution < -0.4 is 4.90 Å². The van der Waals surface area contributed by atoms with Gasteiger partial charge in [-0.25, -0.2) is 4.79 Å². The Hall–Kier alpha value is -1.55. The number of aryl methyl sites for hydroxylation is 1. The summed E-state index contributed by atoms with van der Waals surface area (Å²) in [5.74, 6) is -1.20. The lowest BCUT2D eigenvalue weighted by atomic mass is 10.0. The molecule has 0 spiro atoms. The molecule has 4 heteroatoms. The Balaban J connectivity index is 3.02. The van der Waals surface area contributed by atoms with Crippen LogP contribution in [-0.4, -0.2) is 29.0 Å². The third-order valence-corrected chi connectivity index (χ3v) is 3.37. The molecule has 0 amide bonds. The summed E-state index contributed by atoms with van der Waals surface area (Å²) in [5.41, 5.74) is 1.94. The third-order valence-electron chi connectivity index (χ3n) is 3.37. The molecule has 1 aromatic rings. The molecule has 4 nitrogen and oxygen atoms in total. The van der Waals surface area contributed by atoms with Crippen molar-refractivity contribution in [2.75, 3.05) is 11.4 Å². The summed E-state index contributed by atoms with van der Waals surface area (Å²) < 4.78 is 0. The first-order valence-electron chi connectivity index (χ1n) is 7.37. The van der Waals surface area contributed by atoms with Crippen molar-refractivity contribution in [3.63, 3.8) is 0 Å². The molecule has 1 atom stereocenters. The molecule has 0 bridgehead atoms. The number of aliphatic hydroxyl groups is 1. The van der Waals surface area contributed by atoms with Crippen LogP contribution in [0.3, 0.4) is 0 Å². The zero-order valence-corrected chi connectivity index (χ0v) is 12.4. The van der Waals surface area contributed by atoms with Crippen LogP contribution in [0, 0.1) is 0 Å². The molecule has 0 radical (unpaired) electrons. The number of rotatable bonds is 9. The van der Waals surface area contributed by atoms with Gasteiger partial charge in [-0.2, -0.15) is 0 Å². The summed E-state index contributed by atoms with van der Waals surface area (Å²) in [4.78, 5) is 12.7. The van der Waals surface area contributed by atoms with Crippen molar-refractivity contribution < 1.29 is 15.0 Å². The number of unbranched alkanes of at least 4 members (excludes halogenated alkanes) is 2. The van der Waals surface area contributed by atoms with Gasteiger partial charge in [0.2, 0.25) is 6.23 Å². The van der Waals surface area contributed by atoms with Crippen molar-refractivity contribution >= 4 is 11.7 Å². The molecular formula is C16H25NO3. The minimum atomic E-state index is -1.48. The molecule has 20 heavy (non-hydrogen) atoms. The largest absolute Gasteiger partial charge is 0.478 e. The van der Waals surface area contributed by atoms with E-state index in [1.54, 1.807) is 4.90 Å². The van der Waals surface area contributed by atoms with E-state index in [1.807, 2.05) is 31.2 Å². The van der Waals surface area contributed by atoms with Gasteiger partial charge < -0.3 is 15.1 Å². The molecule has 0 aliphatic rings. The van der Waals surface area contributed by atoms with Gasteiger partial charge >= 0.3 is 5.97 Å². The van der Waals surface area contributed by atoms with Gasteiger partial charge in [-0.1, -0.05) is 44.9 Å². The molecule has 112 valence electrons. The molecular weight excluding hydrogens is 254 g/mol. The number of hydrogen-bond acceptors (Lipinski definition) is 3. The second kappa shape index (κ2) is 8.59. The van der Waals surface area contributed by atoms with Crippen LogP contribution in [0.4, 0.5) is 5.69 Å². The first-order valence-corrected chi connectivity index (χ1v) is 7.37. The fourth-order valence-electron chi connectivity index (χ4n) is 2.21. The Morgan fingerprint density at radius 1 is 1.20 bits per heavy atom. The second-order valence-electron chi connectivity index (χ2n) is 4.99. The molecule has 1 unspecified atom stereocenters. The molecule has 1 aromatic carbocycles. The van der Waals surface area contributed by atoms with Crippen molar-refractivity contribution in [3.8, 4) is 0 Å². The first kappa shape index (κ1) is 16.5. The van der Waals surface area contributed by atoms with Gasteiger partial charge in [0.15, 0.2) is 0 Å². The average molecular weight is 279 g/mol. The highest BCUT2D eigenvalue weighted by molar-refractivity contribution is 5.76. The summed E-state index contributed by atoms with van der Waals surface area (Å²) in [5, 5.41) is 19.0. The zero-order chi connectivity index (χ0) is 15.0. The molecule has 0 saturated heterocycles. The number of benzene rings is 1. The number of carboxylic acid groups (broad SMARTS) is 1. The van der Waals surface area contributed by atoms with Crippen LogP contribution in [0.1, 0.15) is 45.1 Å². The third kappa shape index (κ3) is 4.53. The number of carbonyl (C=O) groups is 1. The van der Waals surface area contributed by atoms with Crippen molar-refractivity contribution in [3.05, 3.63) is 29.8 Å². The molecule has 0 heterocycles. The zero-order valence-electron chi connectivity index (χ0n) is 12.4. The number of aliphatic carboxylic acids is 1. The number of carboxylic acids is 1. The van der Waals surface area contributed by atoms with E-state index in [4.69, 9.17) is 5.11 Å². The van der Waals surface area contributed by atoms with Crippen LogP contribution in [0.25, 0.3) is 0 Å². The Morgan fingerprint density at radius 3 is 2.45 bits per heavy atom. The average Bonchev–Trinajstić information content (AvgIpc) is 2.46. The highest BCUT2D eigenvalue weighted by Gasteiger charge is 2.24. The predicted octanol–water partition coefficient (Wildman–Crippen LogP) is 3.04. The van der Waals surface area contributed by atoms with Crippen LogP contribution in [0.15, 0.2) is 24.3 Å². The Labute approximate surface area is 121 Å². The van der Waals surface area contributed by atoms with Gasteiger partial charge in [0, 0.05) is 12.2 Å². The van der Waals surface area contributed by atoms with E-state index in [-0.39, 0.29) is 0 Å². The molecule has 0 aliphatic carbocycles. The molecule has 1 rings (SSSR count). The lowest BCUT2D eigenvalue weighted by molar-refractivity contribution is -0.146. The highest BCUT2D eigenvalue weighted by Crippen LogP contribution is 2.24. The number of aliphatic hydroxyl groups excluding tert-OH is 1. The van der Waals surface area contributed by atoms with Crippen LogP contribution in [0.5, 0.6) is 0 Å². The topological polar surface area (TPSA) is 60.8 Å². The minimum Gasteiger partial charge on any atom is -0.478 e. The van der Waals surface area contributed by atoms with E-state index in [2.05, 4.69) is 6.92 Å². The lowest BCUT2D eigenvalue weighted by Gasteiger charge is -2.29. The standard InChI is InChI=1S/C16H25NO3/c1-3-5-9-13-10-7-8-11-14(13)17(12-6-4-2)15(18)16(19)20/h7-8,10-11,15,18H,3-6,9,12H2,1-2H3,(H,19,20). The predicted molar refractivity (Wildman–Crippen MR) is 81.0 cm³/mol. The van der Waals surface area contributed by atoms with Gasteiger partial charge in [0.1, 0.15) is 0 Å². The van der Waals surface area contributed by atoms with Crippen molar-refractivity contribution in [2.45, 2.75) is 52.2 Å². The normalized spacial score (nSPS) is 12.2. The first-order chi connectivity index (χ1) is 9.61. The van der Waals surface area contributed by atoms with Crippen LogP contribution >= 0.6 is 0 Å². The van der Waals surface area contributed by atoms with E-state index in [9.17, 15) is 9.90 Å². The SMILES string of the molecule is CCCCc1ccccc1N(CCCC)C(O)C(=O)O. The maximum Gasteiger partial charge on any atom is 0.354 e. The Bertz CT molecular complexity index is 420. The molecule has 0 saturated carbocycles. The molecule has 2 N–H and O–H groups in total. The minimum absolute atomic E-state index is 0.549. The second-order valence-corrected chi connectivity index (χ2v) is 4.99. The van der Waals surface area contributed by atoms with Gasteiger partial charge in [-0.05, 0) is 30.9 Å². The summed E-state index contributed by atoms with van der Waals surface area (Å²) >= 11 is 0. The van der Waals surface area contributed by atoms with Crippen molar-refractivity contribution in [1.29, 1.82) is 0 Å². The summed E-state index contributed by atoms with van der Waals surface area (Å²) in [6.07, 6.45) is 3.38.